The molecule has 0 heterocycles. The molecule has 0 aliphatic rings. The van der Waals surface area contributed by atoms with E-state index in [2.05, 4.69) is 21.2 Å². The fourth-order valence-electron chi connectivity index (χ4n) is 1.95. The van der Waals surface area contributed by atoms with E-state index >= 15 is 0 Å². The molecule has 0 aliphatic heterocycles. The van der Waals surface area contributed by atoms with Crippen molar-refractivity contribution < 1.29 is 9.90 Å². The molecule has 0 aromatic heterocycles. The maximum Gasteiger partial charge on any atom is 0.333 e. The summed E-state index contributed by atoms with van der Waals surface area (Å²) in [5, 5.41) is 13.6. The smallest absolute Gasteiger partial charge is 0.333 e. The van der Waals surface area contributed by atoms with Gasteiger partial charge >= 0.3 is 5.97 Å². The molecule has 2 aromatic rings. The molecule has 2 N–H and O–H groups in total. The molecule has 0 bridgehead atoms. The summed E-state index contributed by atoms with van der Waals surface area (Å²) in [6, 6.07) is 11.9. The summed E-state index contributed by atoms with van der Waals surface area (Å²) in [6.07, 6.45) is 0. The van der Waals surface area contributed by atoms with Gasteiger partial charge < -0.3 is 10.4 Å². The maximum absolute atomic E-state index is 11.8. The lowest BCUT2D eigenvalue weighted by Gasteiger charge is -2.29. The Kier molecular flexibility index (Phi) is 4.81. The molecule has 0 fully saturated rings. The fourth-order valence-corrected chi connectivity index (χ4v) is 2.94. The molecule has 3 nitrogen and oxygen atoms in total. The van der Waals surface area contributed by atoms with Crippen LogP contribution in [0.2, 0.25) is 10.0 Å². The number of hydrogen-bond acceptors (Lipinski definition) is 2. The molecule has 0 saturated carbocycles. The van der Waals surface area contributed by atoms with Crippen molar-refractivity contribution >= 4 is 50.8 Å². The number of nitrogens with one attached hydrogen (secondary N) is 1. The van der Waals surface area contributed by atoms with E-state index < -0.39 is 11.5 Å². The predicted molar refractivity (Wildman–Crippen MR) is 89.2 cm³/mol. The zero-order valence-corrected chi connectivity index (χ0v) is 14.1. The van der Waals surface area contributed by atoms with Gasteiger partial charge in [0.1, 0.15) is 0 Å². The van der Waals surface area contributed by atoms with E-state index in [1.165, 1.54) is 0 Å². The highest BCUT2D eigenvalue weighted by atomic mass is 79.9. The van der Waals surface area contributed by atoms with E-state index in [9.17, 15) is 9.90 Å². The van der Waals surface area contributed by atoms with E-state index in [4.69, 9.17) is 23.2 Å². The van der Waals surface area contributed by atoms with Gasteiger partial charge in [-0.1, -0.05) is 45.2 Å². The van der Waals surface area contributed by atoms with E-state index in [0.29, 0.717) is 21.3 Å². The summed E-state index contributed by atoms with van der Waals surface area (Å²) in [4.78, 5) is 11.8. The van der Waals surface area contributed by atoms with Gasteiger partial charge in [-0.25, -0.2) is 4.79 Å². The topological polar surface area (TPSA) is 49.3 Å². The Bertz CT molecular complexity index is 676. The summed E-state index contributed by atoms with van der Waals surface area (Å²) in [6.45, 7) is 1.57. The van der Waals surface area contributed by atoms with E-state index in [0.717, 1.165) is 4.47 Å². The Labute approximate surface area is 141 Å². The largest absolute Gasteiger partial charge is 0.479 e. The average molecular weight is 389 g/mol. The van der Waals surface area contributed by atoms with Gasteiger partial charge in [0.15, 0.2) is 5.54 Å². The highest BCUT2D eigenvalue weighted by Gasteiger charge is 2.37. The predicted octanol–water partition coefficient (Wildman–Crippen LogP) is 5.17. The number of rotatable bonds is 4. The molecule has 0 saturated heterocycles. The average Bonchev–Trinajstić information content (AvgIpc) is 2.41. The Morgan fingerprint density at radius 1 is 1.19 bits per heavy atom. The number of benzene rings is 2. The molecule has 0 amide bonds. The SMILES string of the molecule is CC(Nc1ccc(Cl)cc1)(C(=O)O)c1ccc(Br)cc1Cl. The first-order valence-electron chi connectivity index (χ1n) is 6.05. The molecule has 1 unspecified atom stereocenters. The van der Waals surface area contributed by atoms with E-state index in [1.807, 2.05) is 0 Å². The molecule has 2 aromatic carbocycles. The Morgan fingerprint density at radius 3 is 2.33 bits per heavy atom. The van der Waals surface area contributed by atoms with Crippen molar-refractivity contribution in [3.05, 3.63) is 62.5 Å². The van der Waals surface area contributed by atoms with Crippen LogP contribution in [0.25, 0.3) is 0 Å². The van der Waals surface area contributed by atoms with Gasteiger partial charge in [-0.15, -0.1) is 0 Å². The molecule has 110 valence electrons. The van der Waals surface area contributed by atoms with Crippen LogP contribution in [-0.2, 0) is 10.3 Å². The summed E-state index contributed by atoms with van der Waals surface area (Å²) in [5.41, 5.74) is -0.232. The van der Waals surface area contributed by atoms with Crippen LogP contribution in [0.5, 0.6) is 0 Å². The minimum absolute atomic E-state index is 0.371. The summed E-state index contributed by atoms with van der Waals surface area (Å²) >= 11 is 15.3. The van der Waals surface area contributed by atoms with Crippen LogP contribution in [0.1, 0.15) is 12.5 Å². The van der Waals surface area contributed by atoms with Crippen LogP contribution < -0.4 is 5.32 Å². The van der Waals surface area contributed by atoms with Crippen molar-refractivity contribution in [3.8, 4) is 0 Å². The Hall–Kier alpha value is -1.23. The van der Waals surface area contributed by atoms with Gasteiger partial charge in [0.25, 0.3) is 0 Å². The first-order chi connectivity index (χ1) is 9.83. The molecule has 21 heavy (non-hydrogen) atoms. The minimum atomic E-state index is -1.36. The Balaban J connectivity index is 2.45. The lowest BCUT2D eigenvalue weighted by atomic mass is 9.91. The lowest BCUT2D eigenvalue weighted by molar-refractivity contribution is -0.142. The van der Waals surface area contributed by atoms with Crippen LogP contribution in [0.15, 0.2) is 46.9 Å². The third-order valence-electron chi connectivity index (χ3n) is 3.14. The van der Waals surface area contributed by atoms with Crippen molar-refractivity contribution in [1.29, 1.82) is 0 Å². The minimum Gasteiger partial charge on any atom is -0.479 e. The second kappa shape index (κ2) is 6.26. The fraction of sp³-hybridized carbons (Fsp3) is 0.133. The highest BCUT2D eigenvalue weighted by Crippen LogP contribution is 2.33. The number of carbonyl (C=O) groups is 1. The van der Waals surface area contributed by atoms with Crippen molar-refractivity contribution in [2.45, 2.75) is 12.5 Å². The number of aliphatic carboxylic acids is 1. The van der Waals surface area contributed by atoms with Crippen LogP contribution in [0, 0.1) is 0 Å². The Morgan fingerprint density at radius 2 is 1.81 bits per heavy atom. The van der Waals surface area contributed by atoms with Gasteiger partial charge in [-0.3, -0.25) is 0 Å². The van der Waals surface area contributed by atoms with Crippen molar-refractivity contribution in [3.63, 3.8) is 0 Å². The molecule has 0 radical (unpaired) electrons. The molecule has 0 spiro atoms. The monoisotopic (exact) mass is 387 g/mol. The molecule has 6 heteroatoms. The van der Waals surface area contributed by atoms with Crippen LogP contribution in [-0.4, -0.2) is 11.1 Å². The lowest BCUT2D eigenvalue weighted by Crippen LogP contribution is -2.40. The van der Waals surface area contributed by atoms with Crippen LogP contribution >= 0.6 is 39.1 Å². The van der Waals surface area contributed by atoms with Gasteiger partial charge in [0, 0.05) is 25.8 Å². The third-order valence-corrected chi connectivity index (χ3v) is 4.19. The summed E-state index contributed by atoms with van der Waals surface area (Å²) in [7, 11) is 0. The second-order valence-electron chi connectivity index (χ2n) is 4.69. The highest BCUT2D eigenvalue weighted by molar-refractivity contribution is 9.10. The van der Waals surface area contributed by atoms with Gasteiger partial charge in [-0.2, -0.15) is 0 Å². The quantitative estimate of drug-likeness (QED) is 0.759. The number of hydrogen-bond donors (Lipinski definition) is 2. The molecular formula is C15H12BrCl2NO2. The molecular weight excluding hydrogens is 377 g/mol. The van der Waals surface area contributed by atoms with Gasteiger partial charge in [-0.05, 0) is 43.3 Å². The van der Waals surface area contributed by atoms with Crippen LogP contribution in [0.3, 0.4) is 0 Å². The summed E-state index contributed by atoms with van der Waals surface area (Å²) in [5.74, 6) is -1.03. The first-order valence-corrected chi connectivity index (χ1v) is 7.60. The van der Waals surface area contributed by atoms with Gasteiger partial charge in [0.05, 0.1) is 0 Å². The van der Waals surface area contributed by atoms with Crippen molar-refractivity contribution in [2.75, 3.05) is 5.32 Å². The zero-order chi connectivity index (χ0) is 15.6. The number of carboxylic acids is 1. The summed E-state index contributed by atoms with van der Waals surface area (Å²) < 4.78 is 0.787. The van der Waals surface area contributed by atoms with Crippen molar-refractivity contribution in [2.24, 2.45) is 0 Å². The molecule has 2 rings (SSSR count). The number of anilines is 1. The normalized spacial score (nSPS) is 13.5. The number of halogens is 3. The first kappa shape index (κ1) is 16.1. The molecule has 0 aliphatic carbocycles. The molecule has 1 atom stereocenters. The second-order valence-corrected chi connectivity index (χ2v) is 6.45. The third kappa shape index (κ3) is 3.51. The van der Waals surface area contributed by atoms with Crippen LogP contribution in [0.4, 0.5) is 5.69 Å². The number of carboxylic acid groups (broad SMARTS) is 1. The zero-order valence-electron chi connectivity index (χ0n) is 11.0. The van der Waals surface area contributed by atoms with Crippen molar-refractivity contribution in [1.82, 2.24) is 0 Å². The maximum atomic E-state index is 11.8. The van der Waals surface area contributed by atoms with E-state index in [-0.39, 0.29) is 0 Å². The van der Waals surface area contributed by atoms with E-state index in [1.54, 1.807) is 49.4 Å². The standard InChI is InChI=1S/C15H12BrCl2NO2/c1-15(14(20)21,12-7-2-9(16)8-13(12)18)19-11-5-3-10(17)4-6-11/h2-8,19H,1H3,(H,20,21). The van der Waals surface area contributed by atoms with Gasteiger partial charge in [0.2, 0.25) is 0 Å².